The van der Waals surface area contributed by atoms with Crippen LogP contribution in [0, 0.1) is 5.92 Å². The molecule has 2 aliphatic heterocycles. The zero-order valence-electron chi connectivity index (χ0n) is 12.3. The third-order valence-corrected chi connectivity index (χ3v) is 5.24. The predicted octanol–water partition coefficient (Wildman–Crippen LogP) is 1.42. The predicted molar refractivity (Wildman–Crippen MR) is 75.7 cm³/mol. The molecule has 4 nitrogen and oxygen atoms in total. The zero-order chi connectivity index (χ0) is 13.5. The van der Waals surface area contributed by atoms with Crippen LogP contribution >= 0.6 is 0 Å². The van der Waals surface area contributed by atoms with Gasteiger partial charge in [-0.15, -0.1) is 0 Å². The molecule has 108 valence electrons. The maximum atomic E-state index is 12.5. The number of rotatable bonds is 4. The lowest BCUT2D eigenvalue weighted by Gasteiger charge is -2.34. The first-order valence-corrected chi connectivity index (χ1v) is 7.99. The minimum Gasteiger partial charge on any atom is -0.325 e. The van der Waals surface area contributed by atoms with Gasteiger partial charge in [0.2, 0.25) is 5.91 Å². The molecule has 1 amide bonds. The van der Waals surface area contributed by atoms with Crippen molar-refractivity contribution in [2.24, 2.45) is 5.92 Å². The van der Waals surface area contributed by atoms with Crippen molar-refractivity contribution in [3.8, 4) is 0 Å². The first-order valence-electron chi connectivity index (χ1n) is 7.99. The molecule has 0 radical (unpaired) electrons. The normalized spacial score (nSPS) is 31.4. The van der Waals surface area contributed by atoms with Gasteiger partial charge in [0.25, 0.3) is 0 Å². The fourth-order valence-corrected chi connectivity index (χ4v) is 3.65. The van der Waals surface area contributed by atoms with Crippen molar-refractivity contribution in [2.75, 3.05) is 26.2 Å². The lowest BCUT2D eigenvalue weighted by molar-refractivity contribution is -0.131. The summed E-state index contributed by atoms with van der Waals surface area (Å²) in [4.78, 5) is 17.2. The van der Waals surface area contributed by atoms with Gasteiger partial charge in [0, 0.05) is 6.54 Å². The molecule has 0 aromatic carbocycles. The summed E-state index contributed by atoms with van der Waals surface area (Å²) in [6, 6.07) is 0. The van der Waals surface area contributed by atoms with Crippen LogP contribution in [-0.2, 0) is 4.79 Å². The van der Waals surface area contributed by atoms with Crippen LogP contribution in [0.25, 0.3) is 0 Å². The molecule has 3 aliphatic rings. The van der Waals surface area contributed by atoms with Gasteiger partial charge >= 0.3 is 0 Å². The number of piperidine rings is 1. The molecule has 19 heavy (non-hydrogen) atoms. The fourth-order valence-electron chi connectivity index (χ4n) is 3.65. The van der Waals surface area contributed by atoms with Gasteiger partial charge in [0.1, 0.15) is 0 Å². The monoisotopic (exact) mass is 265 g/mol. The molecule has 4 heteroatoms. The molecule has 1 atom stereocenters. The maximum absolute atomic E-state index is 12.5. The minimum absolute atomic E-state index is 0.134. The van der Waals surface area contributed by atoms with Gasteiger partial charge in [-0.1, -0.05) is 13.8 Å². The number of carbonyl (C=O) groups excluding carboxylic acids is 1. The van der Waals surface area contributed by atoms with Crippen molar-refractivity contribution >= 4 is 5.91 Å². The SMILES string of the molecule is CCC1NC2(CC2)C(=O)N1CC1CCN(CC)CC1. The van der Waals surface area contributed by atoms with E-state index in [9.17, 15) is 4.79 Å². The Morgan fingerprint density at radius 2 is 1.95 bits per heavy atom. The van der Waals surface area contributed by atoms with Crippen LogP contribution in [0.3, 0.4) is 0 Å². The van der Waals surface area contributed by atoms with Gasteiger partial charge in [-0.3, -0.25) is 10.1 Å². The van der Waals surface area contributed by atoms with Crippen LogP contribution in [-0.4, -0.2) is 53.6 Å². The highest BCUT2D eigenvalue weighted by Gasteiger charge is 2.58. The standard InChI is InChI=1S/C15H27N3O/c1-3-13-16-15(7-8-15)14(19)18(13)11-12-5-9-17(4-2)10-6-12/h12-13,16H,3-11H2,1-2H3. The van der Waals surface area contributed by atoms with E-state index in [1.54, 1.807) is 0 Å². The Morgan fingerprint density at radius 3 is 2.47 bits per heavy atom. The first-order chi connectivity index (χ1) is 9.18. The van der Waals surface area contributed by atoms with E-state index in [-0.39, 0.29) is 5.54 Å². The Balaban J connectivity index is 1.58. The number of nitrogens with one attached hydrogen (secondary N) is 1. The molecule has 2 saturated heterocycles. The molecular weight excluding hydrogens is 238 g/mol. The average molecular weight is 265 g/mol. The quantitative estimate of drug-likeness (QED) is 0.835. The van der Waals surface area contributed by atoms with Crippen LogP contribution in [0.2, 0.25) is 0 Å². The Kier molecular flexibility index (Phi) is 3.56. The van der Waals surface area contributed by atoms with Crippen molar-refractivity contribution in [3.05, 3.63) is 0 Å². The minimum atomic E-state index is -0.134. The maximum Gasteiger partial charge on any atom is 0.244 e. The summed E-state index contributed by atoms with van der Waals surface area (Å²) in [7, 11) is 0. The Bertz CT molecular complexity index is 345. The molecule has 1 aliphatic carbocycles. The van der Waals surface area contributed by atoms with Crippen LogP contribution in [0.1, 0.15) is 46.0 Å². The van der Waals surface area contributed by atoms with E-state index >= 15 is 0 Å². The van der Waals surface area contributed by atoms with E-state index in [0.717, 1.165) is 32.4 Å². The van der Waals surface area contributed by atoms with Gasteiger partial charge < -0.3 is 9.80 Å². The highest BCUT2D eigenvalue weighted by molar-refractivity contribution is 5.91. The van der Waals surface area contributed by atoms with Crippen molar-refractivity contribution in [2.45, 2.75) is 57.7 Å². The van der Waals surface area contributed by atoms with Gasteiger partial charge in [0.15, 0.2) is 0 Å². The van der Waals surface area contributed by atoms with Gasteiger partial charge in [-0.25, -0.2) is 0 Å². The molecular formula is C15H27N3O. The van der Waals surface area contributed by atoms with Crippen molar-refractivity contribution < 1.29 is 4.79 Å². The van der Waals surface area contributed by atoms with E-state index in [2.05, 4.69) is 29.0 Å². The smallest absolute Gasteiger partial charge is 0.244 e. The Hall–Kier alpha value is -0.610. The van der Waals surface area contributed by atoms with Crippen molar-refractivity contribution in [1.82, 2.24) is 15.1 Å². The van der Waals surface area contributed by atoms with Crippen molar-refractivity contribution in [1.29, 1.82) is 0 Å². The third-order valence-electron chi connectivity index (χ3n) is 5.24. The zero-order valence-corrected chi connectivity index (χ0v) is 12.3. The molecule has 2 heterocycles. The van der Waals surface area contributed by atoms with Gasteiger partial charge in [-0.05, 0) is 57.7 Å². The number of likely N-dealkylation sites (tertiary alicyclic amines) is 1. The van der Waals surface area contributed by atoms with Crippen LogP contribution in [0.4, 0.5) is 0 Å². The molecule has 3 rings (SSSR count). The van der Waals surface area contributed by atoms with Gasteiger partial charge in [-0.2, -0.15) is 0 Å². The van der Waals surface area contributed by atoms with Crippen molar-refractivity contribution in [3.63, 3.8) is 0 Å². The molecule has 1 spiro atoms. The highest BCUT2D eigenvalue weighted by atomic mass is 16.2. The molecule has 0 aromatic heterocycles. The summed E-state index contributed by atoms with van der Waals surface area (Å²) in [5.74, 6) is 1.09. The Morgan fingerprint density at radius 1 is 1.26 bits per heavy atom. The second-order valence-electron chi connectivity index (χ2n) is 6.49. The Labute approximate surface area is 116 Å². The van der Waals surface area contributed by atoms with E-state index < -0.39 is 0 Å². The lowest BCUT2D eigenvalue weighted by Crippen LogP contribution is -2.43. The summed E-state index contributed by atoms with van der Waals surface area (Å²) in [5.41, 5.74) is -0.134. The first kappa shape index (κ1) is 13.4. The van der Waals surface area contributed by atoms with Crippen LogP contribution < -0.4 is 5.32 Å². The number of amides is 1. The summed E-state index contributed by atoms with van der Waals surface area (Å²) in [6.07, 6.45) is 5.92. The molecule has 1 N–H and O–H groups in total. The van der Waals surface area contributed by atoms with E-state index in [1.807, 2.05) is 0 Å². The van der Waals surface area contributed by atoms with E-state index in [1.165, 1.54) is 25.9 Å². The summed E-state index contributed by atoms with van der Waals surface area (Å²) in [6.45, 7) is 8.97. The summed E-state index contributed by atoms with van der Waals surface area (Å²) in [5, 5.41) is 3.57. The molecule has 0 aromatic rings. The number of hydrogen-bond donors (Lipinski definition) is 1. The number of carbonyl (C=O) groups is 1. The van der Waals surface area contributed by atoms with Crippen LogP contribution in [0.15, 0.2) is 0 Å². The number of hydrogen-bond acceptors (Lipinski definition) is 3. The van der Waals surface area contributed by atoms with E-state index in [0.29, 0.717) is 18.0 Å². The second kappa shape index (κ2) is 5.06. The van der Waals surface area contributed by atoms with Gasteiger partial charge in [0.05, 0.1) is 11.7 Å². The second-order valence-corrected chi connectivity index (χ2v) is 6.49. The molecule has 1 saturated carbocycles. The van der Waals surface area contributed by atoms with Crippen LogP contribution in [0.5, 0.6) is 0 Å². The molecule has 3 fully saturated rings. The fraction of sp³-hybridized carbons (Fsp3) is 0.933. The topological polar surface area (TPSA) is 35.6 Å². The molecule has 1 unspecified atom stereocenters. The highest BCUT2D eigenvalue weighted by Crippen LogP contribution is 2.43. The summed E-state index contributed by atoms with van der Waals surface area (Å²) < 4.78 is 0. The summed E-state index contributed by atoms with van der Waals surface area (Å²) >= 11 is 0. The molecule has 0 bridgehead atoms. The lowest BCUT2D eigenvalue weighted by atomic mass is 9.96. The van der Waals surface area contributed by atoms with E-state index in [4.69, 9.17) is 0 Å². The largest absolute Gasteiger partial charge is 0.325 e. The average Bonchev–Trinajstić information content (AvgIpc) is 3.18. The number of nitrogens with zero attached hydrogens (tertiary/aromatic N) is 2. The third kappa shape index (κ3) is 2.40.